The molecule has 0 spiro atoms. The van der Waals surface area contributed by atoms with Crippen LogP contribution in [-0.4, -0.2) is 21.5 Å². The van der Waals surface area contributed by atoms with Crippen molar-refractivity contribution in [2.75, 3.05) is 0 Å². The number of amidine groups is 1. The van der Waals surface area contributed by atoms with Gasteiger partial charge < -0.3 is 9.88 Å². The van der Waals surface area contributed by atoms with Gasteiger partial charge in [-0.25, -0.2) is 0 Å². The molecule has 4 rings (SSSR count). The zero-order valence-electron chi connectivity index (χ0n) is 14.6. The molecule has 1 aromatic heterocycles. The molecule has 0 atom stereocenters. The van der Waals surface area contributed by atoms with Crippen molar-refractivity contribution in [1.82, 2.24) is 9.88 Å². The summed E-state index contributed by atoms with van der Waals surface area (Å²) in [5.41, 5.74) is 2.21. The highest BCUT2D eigenvalue weighted by atomic mass is 35.5. The van der Waals surface area contributed by atoms with Crippen LogP contribution < -0.4 is 5.32 Å². The lowest BCUT2D eigenvalue weighted by Crippen LogP contribution is -2.20. The van der Waals surface area contributed by atoms with Crippen molar-refractivity contribution in [3.63, 3.8) is 0 Å². The van der Waals surface area contributed by atoms with Crippen LogP contribution in [0, 0.1) is 0 Å². The SMILES string of the molecule is Cn1cc(C=C2SC(=NC(=O)c3ccc(Cl)cc3Cl)NC2=O)c2ccccc21. The number of para-hydroxylation sites is 1. The fourth-order valence-corrected chi connectivity index (χ4v) is 4.22. The second kappa shape index (κ2) is 7.47. The lowest BCUT2D eigenvalue weighted by molar-refractivity contribution is -0.115. The lowest BCUT2D eigenvalue weighted by Gasteiger charge is -2.00. The monoisotopic (exact) mass is 429 g/mol. The zero-order valence-corrected chi connectivity index (χ0v) is 16.9. The molecule has 0 unspecified atom stereocenters. The highest BCUT2D eigenvalue weighted by Gasteiger charge is 2.25. The van der Waals surface area contributed by atoms with Gasteiger partial charge in [-0.1, -0.05) is 41.4 Å². The van der Waals surface area contributed by atoms with Gasteiger partial charge in [-0.15, -0.1) is 0 Å². The van der Waals surface area contributed by atoms with Gasteiger partial charge in [0.15, 0.2) is 5.17 Å². The minimum absolute atomic E-state index is 0.211. The third-order valence-corrected chi connectivity index (χ3v) is 5.69. The standard InChI is InChI=1S/C20H13Cl2N3O2S/c1-25-10-11(13-4-2-3-5-16(13)25)8-17-19(27)24-20(28-17)23-18(26)14-7-6-12(21)9-15(14)22/h2-10H,1H3,(H,23,24,26,27). The Kier molecular flexibility index (Phi) is 5.02. The summed E-state index contributed by atoms with van der Waals surface area (Å²) in [6.45, 7) is 0. The average molecular weight is 430 g/mol. The highest BCUT2D eigenvalue weighted by Crippen LogP contribution is 2.30. The fraction of sp³-hybridized carbons (Fsp3) is 0.0500. The number of rotatable bonds is 2. The summed E-state index contributed by atoms with van der Waals surface area (Å²) in [5, 5.41) is 4.52. The molecule has 2 heterocycles. The number of hydrogen-bond donors (Lipinski definition) is 1. The van der Waals surface area contributed by atoms with Crippen molar-refractivity contribution < 1.29 is 9.59 Å². The zero-order chi connectivity index (χ0) is 19.8. The summed E-state index contributed by atoms with van der Waals surface area (Å²) in [5.74, 6) is -0.845. The predicted molar refractivity (Wildman–Crippen MR) is 115 cm³/mol. The van der Waals surface area contributed by atoms with Gasteiger partial charge in [-0.2, -0.15) is 4.99 Å². The van der Waals surface area contributed by atoms with E-state index in [-0.39, 0.29) is 21.7 Å². The van der Waals surface area contributed by atoms with Gasteiger partial charge in [0.05, 0.1) is 15.5 Å². The van der Waals surface area contributed by atoms with Crippen LogP contribution in [0.5, 0.6) is 0 Å². The first-order chi connectivity index (χ1) is 13.4. The van der Waals surface area contributed by atoms with E-state index in [0.29, 0.717) is 9.93 Å². The number of aryl methyl sites for hydroxylation is 1. The van der Waals surface area contributed by atoms with E-state index in [4.69, 9.17) is 23.2 Å². The molecule has 1 aliphatic rings. The first-order valence-corrected chi connectivity index (χ1v) is 9.82. The Hall–Kier alpha value is -2.54. The van der Waals surface area contributed by atoms with Crippen LogP contribution in [0.3, 0.4) is 0 Å². The van der Waals surface area contributed by atoms with Crippen LogP contribution in [-0.2, 0) is 11.8 Å². The van der Waals surface area contributed by atoms with E-state index in [1.165, 1.54) is 12.1 Å². The quantitative estimate of drug-likeness (QED) is 0.590. The second-order valence-corrected chi connectivity index (χ2v) is 8.00. The Balaban J connectivity index is 1.62. The van der Waals surface area contributed by atoms with Crippen LogP contribution in [0.25, 0.3) is 17.0 Å². The van der Waals surface area contributed by atoms with Crippen LogP contribution in [0.4, 0.5) is 0 Å². The molecule has 2 amide bonds. The first-order valence-electron chi connectivity index (χ1n) is 8.25. The number of nitrogens with one attached hydrogen (secondary N) is 1. The van der Waals surface area contributed by atoms with Crippen LogP contribution >= 0.6 is 35.0 Å². The summed E-state index contributed by atoms with van der Waals surface area (Å²) in [7, 11) is 1.95. The molecule has 1 N–H and O–H groups in total. The summed E-state index contributed by atoms with van der Waals surface area (Å²) >= 11 is 13.0. The number of nitrogens with zero attached hydrogens (tertiary/aromatic N) is 2. The maximum absolute atomic E-state index is 12.4. The maximum atomic E-state index is 12.4. The molecule has 1 fully saturated rings. The van der Waals surface area contributed by atoms with Gasteiger partial charge in [0.2, 0.25) is 0 Å². The van der Waals surface area contributed by atoms with Gasteiger partial charge in [0.25, 0.3) is 11.8 Å². The van der Waals surface area contributed by atoms with E-state index in [2.05, 4.69) is 10.3 Å². The summed E-state index contributed by atoms with van der Waals surface area (Å²) in [4.78, 5) is 29.1. The van der Waals surface area contributed by atoms with Crippen molar-refractivity contribution in [3.8, 4) is 0 Å². The molecule has 140 valence electrons. The number of aromatic nitrogens is 1. The molecule has 3 aromatic rings. The van der Waals surface area contributed by atoms with Gasteiger partial charge >= 0.3 is 0 Å². The normalized spacial score (nSPS) is 16.9. The lowest BCUT2D eigenvalue weighted by atomic mass is 10.1. The third-order valence-electron chi connectivity index (χ3n) is 4.23. The number of benzene rings is 2. The molecule has 28 heavy (non-hydrogen) atoms. The molecule has 1 saturated heterocycles. The molecule has 8 heteroatoms. The number of halogens is 2. The number of carbonyl (C=O) groups is 2. The van der Waals surface area contributed by atoms with Crippen molar-refractivity contribution >= 4 is 68.9 Å². The summed E-state index contributed by atoms with van der Waals surface area (Å²) in [6, 6.07) is 12.5. The number of hydrogen-bond acceptors (Lipinski definition) is 3. The van der Waals surface area contributed by atoms with Crippen molar-refractivity contribution in [3.05, 3.63) is 74.7 Å². The fourth-order valence-electron chi connectivity index (χ4n) is 2.93. The van der Waals surface area contributed by atoms with Gasteiger partial charge in [0, 0.05) is 34.7 Å². The number of fused-ring (bicyclic) bond motifs is 1. The Morgan fingerprint density at radius 3 is 2.79 bits per heavy atom. The topological polar surface area (TPSA) is 63.5 Å². The molecule has 1 aliphatic heterocycles. The molecule has 0 bridgehead atoms. The molecule has 0 radical (unpaired) electrons. The second-order valence-electron chi connectivity index (χ2n) is 6.12. The smallest absolute Gasteiger partial charge is 0.280 e. The summed E-state index contributed by atoms with van der Waals surface area (Å²) < 4.78 is 2.00. The van der Waals surface area contributed by atoms with Crippen molar-refractivity contribution in [1.29, 1.82) is 0 Å². The van der Waals surface area contributed by atoms with E-state index < -0.39 is 5.91 Å². The van der Waals surface area contributed by atoms with Gasteiger partial charge in [0.1, 0.15) is 0 Å². The van der Waals surface area contributed by atoms with Gasteiger partial charge in [-0.3, -0.25) is 9.59 Å². The number of carbonyl (C=O) groups excluding carboxylic acids is 2. The first kappa shape index (κ1) is 18.8. The molecule has 0 aliphatic carbocycles. The van der Waals surface area contributed by atoms with Crippen LogP contribution in [0.1, 0.15) is 15.9 Å². The van der Waals surface area contributed by atoms with E-state index in [1.807, 2.05) is 42.1 Å². The third kappa shape index (κ3) is 3.58. The van der Waals surface area contributed by atoms with E-state index in [1.54, 1.807) is 12.1 Å². The average Bonchev–Trinajstić information content (AvgIpc) is 3.15. The molecule has 2 aromatic carbocycles. The number of thioether (sulfide) groups is 1. The maximum Gasteiger partial charge on any atom is 0.280 e. The highest BCUT2D eigenvalue weighted by molar-refractivity contribution is 8.18. The summed E-state index contributed by atoms with van der Waals surface area (Å²) in [6.07, 6.45) is 3.75. The molecular formula is C20H13Cl2N3O2S. The van der Waals surface area contributed by atoms with Crippen molar-refractivity contribution in [2.24, 2.45) is 12.0 Å². The Labute approximate surface area is 175 Å². The van der Waals surface area contributed by atoms with Crippen molar-refractivity contribution in [2.45, 2.75) is 0 Å². The minimum Gasteiger partial charge on any atom is -0.350 e. The van der Waals surface area contributed by atoms with Crippen LogP contribution in [0.15, 0.2) is 58.6 Å². The van der Waals surface area contributed by atoms with Gasteiger partial charge in [-0.05, 0) is 42.1 Å². The van der Waals surface area contributed by atoms with E-state index in [0.717, 1.165) is 28.2 Å². The Morgan fingerprint density at radius 2 is 2.00 bits per heavy atom. The minimum atomic E-state index is -0.545. The number of amides is 2. The number of aliphatic imine (C=N–C) groups is 1. The van der Waals surface area contributed by atoms with E-state index in [9.17, 15) is 9.59 Å². The molecule has 5 nitrogen and oxygen atoms in total. The molecule has 0 saturated carbocycles. The van der Waals surface area contributed by atoms with Crippen LogP contribution in [0.2, 0.25) is 10.0 Å². The predicted octanol–water partition coefficient (Wildman–Crippen LogP) is 4.89. The van der Waals surface area contributed by atoms with E-state index >= 15 is 0 Å². The Bertz CT molecular complexity index is 1200. The molecular weight excluding hydrogens is 417 g/mol. The Morgan fingerprint density at radius 1 is 1.21 bits per heavy atom. The largest absolute Gasteiger partial charge is 0.350 e.